The molecule has 0 aliphatic heterocycles. The fraction of sp³-hybridized carbons (Fsp3) is 0.400. The topological polar surface area (TPSA) is 20.2 Å². The van der Waals surface area contributed by atoms with Crippen molar-refractivity contribution < 1.29 is 5.11 Å². The molecule has 1 nitrogen and oxygen atoms in total. The lowest BCUT2D eigenvalue weighted by Gasteiger charge is -2.17. The van der Waals surface area contributed by atoms with Crippen LogP contribution in [-0.4, -0.2) is 5.11 Å². The van der Waals surface area contributed by atoms with Gasteiger partial charge in [-0.05, 0) is 73.4 Å². The Kier molecular flexibility index (Phi) is 3.86. The van der Waals surface area contributed by atoms with Crippen LogP contribution in [0, 0.1) is 20.8 Å². The van der Waals surface area contributed by atoms with Crippen molar-refractivity contribution >= 4 is 0 Å². The molecule has 1 aliphatic carbocycles. The van der Waals surface area contributed by atoms with Crippen LogP contribution in [0.25, 0.3) is 0 Å². The lowest BCUT2D eigenvalue weighted by atomic mass is 9.92. The van der Waals surface area contributed by atoms with Crippen LogP contribution in [-0.2, 0) is 19.3 Å². The van der Waals surface area contributed by atoms with Gasteiger partial charge in [-0.15, -0.1) is 0 Å². The molecule has 1 unspecified atom stereocenters. The predicted molar refractivity (Wildman–Crippen MR) is 87.8 cm³/mol. The van der Waals surface area contributed by atoms with Crippen molar-refractivity contribution in [1.29, 1.82) is 0 Å². The summed E-state index contributed by atoms with van der Waals surface area (Å²) in [6.45, 7) is 6.41. The van der Waals surface area contributed by atoms with Gasteiger partial charge in [-0.3, -0.25) is 0 Å². The van der Waals surface area contributed by atoms with Crippen LogP contribution in [0.4, 0.5) is 0 Å². The Labute approximate surface area is 127 Å². The molecule has 1 heteroatoms. The molecule has 2 aromatic rings. The van der Waals surface area contributed by atoms with E-state index in [-0.39, 0.29) is 0 Å². The van der Waals surface area contributed by atoms with Gasteiger partial charge in [-0.25, -0.2) is 0 Å². The quantitative estimate of drug-likeness (QED) is 0.884. The molecule has 0 aromatic heterocycles. The van der Waals surface area contributed by atoms with Gasteiger partial charge in [-0.1, -0.05) is 35.9 Å². The van der Waals surface area contributed by atoms with Gasteiger partial charge >= 0.3 is 0 Å². The van der Waals surface area contributed by atoms with Crippen molar-refractivity contribution in [3.8, 4) is 0 Å². The fourth-order valence-electron chi connectivity index (χ4n) is 3.64. The SMILES string of the molecule is Cc1cc(C)c(CC(O)c2ccc3c(c2)CCC3)c(C)c1. The second kappa shape index (κ2) is 5.65. The number of aryl methyl sites for hydroxylation is 5. The van der Waals surface area contributed by atoms with E-state index in [1.165, 1.54) is 52.6 Å². The van der Waals surface area contributed by atoms with Crippen molar-refractivity contribution in [2.24, 2.45) is 0 Å². The molecule has 21 heavy (non-hydrogen) atoms. The average Bonchev–Trinajstić information content (AvgIpc) is 2.89. The maximum Gasteiger partial charge on any atom is 0.0830 e. The molecule has 0 saturated heterocycles. The van der Waals surface area contributed by atoms with Gasteiger partial charge in [0.25, 0.3) is 0 Å². The maximum absolute atomic E-state index is 10.6. The van der Waals surface area contributed by atoms with Gasteiger partial charge in [-0.2, -0.15) is 0 Å². The Balaban J connectivity index is 1.85. The third kappa shape index (κ3) is 2.89. The van der Waals surface area contributed by atoms with Crippen molar-refractivity contribution in [2.75, 3.05) is 0 Å². The van der Waals surface area contributed by atoms with E-state index in [0.29, 0.717) is 6.42 Å². The minimum atomic E-state index is -0.406. The molecule has 0 radical (unpaired) electrons. The maximum atomic E-state index is 10.6. The number of aliphatic hydroxyl groups is 1. The first-order valence-corrected chi connectivity index (χ1v) is 7.91. The number of fused-ring (bicyclic) bond motifs is 1. The lowest BCUT2D eigenvalue weighted by Crippen LogP contribution is -2.06. The summed E-state index contributed by atoms with van der Waals surface area (Å²) >= 11 is 0. The second-order valence-corrected chi connectivity index (χ2v) is 6.48. The molecule has 0 bridgehead atoms. The molecule has 2 aromatic carbocycles. The van der Waals surface area contributed by atoms with Crippen LogP contribution in [0.3, 0.4) is 0 Å². The Hall–Kier alpha value is -1.60. The summed E-state index contributed by atoms with van der Waals surface area (Å²) in [5.41, 5.74) is 9.11. The van der Waals surface area contributed by atoms with Crippen molar-refractivity contribution in [1.82, 2.24) is 0 Å². The van der Waals surface area contributed by atoms with E-state index < -0.39 is 6.10 Å². The van der Waals surface area contributed by atoms with Gasteiger partial charge in [0.1, 0.15) is 0 Å². The van der Waals surface area contributed by atoms with Gasteiger partial charge < -0.3 is 5.11 Å². The van der Waals surface area contributed by atoms with Gasteiger partial charge in [0.05, 0.1) is 6.10 Å². The summed E-state index contributed by atoms with van der Waals surface area (Å²) in [6, 6.07) is 10.9. The number of aliphatic hydroxyl groups excluding tert-OH is 1. The Bertz CT molecular complexity index is 647. The summed E-state index contributed by atoms with van der Waals surface area (Å²) in [4.78, 5) is 0. The molecular weight excluding hydrogens is 256 g/mol. The zero-order valence-electron chi connectivity index (χ0n) is 13.2. The zero-order chi connectivity index (χ0) is 15.0. The summed E-state index contributed by atoms with van der Waals surface area (Å²) < 4.78 is 0. The molecule has 0 amide bonds. The molecule has 110 valence electrons. The van der Waals surface area contributed by atoms with E-state index >= 15 is 0 Å². The third-order valence-corrected chi connectivity index (χ3v) is 4.75. The van der Waals surface area contributed by atoms with Gasteiger partial charge in [0.2, 0.25) is 0 Å². The molecular formula is C20H24O. The molecule has 0 spiro atoms. The Morgan fingerprint density at radius 2 is 1.62 bits per heavy atom. The molecule has 1 N–H and O–H groups in total. The Morgan fingerprint density at radius 1 is 0.952 bits per heavy atom. The average molecular weight is 280 g/mol. The highest BCUT2D eigenvalue weighted by Crippen LogP contribution is 2.28. The van der Waals surface area contributed by atoms with Crippen molar-refractivity contribution in [2.45, 2.75) is 52.6 Å². The summed E-state index contributed by atoms with van der Waals surface area (Å²) in [5, 5.41) is 10.6. The van der Waals surface area contributed by atoms with Crippen molar-refractivity contribution in [3.63, 3.8) is 0 Å². The monoisotopic (exact) mass is 280 g/mol. The van der Waals surface area contributed by atoms with Crippen LogP contribution < -0.4 is 0 Å². The number of rotatable bonds is 3. The number of hydrogen-bond donors (Lipinski definition) is 1. The van der Waals surface area contributed by atoms with E-state index in [1.54, 1.807) is 0 Å². The molecule has 0 heterocycles. The van der Waals surface area contributed by atoms with Gasteiger partial charge in [0.15, 0.2) is 0 Å². The van der Waals surface area contributed by atoms with Crippen LogP contribution in [0.2, 0.25) is 0 Å². The molecule has 1 atom stereocenters. The second-order valence-electron chi connectivity index (χ2n) is 6.48. The van der Waals surface area contributed by atoms with E-state index in [2.05, 4.69) is 51.1 Å². The standard InChI is InChI=1S/C20H24O/c1-13-9-14(2)19(15(3)10-13)12-20(21)18-8-7-16-5-4-6-17(16)11-18/h7-11,20-21H,4-6,12H2,1-3H3. The normalized spacial score (nSPS) is 15.0. The molecule has 3 rings (SSSR count). The summed E-state index contributed by atoms with van der Waals surface area (Å²) in [6.07, 6.45) is 3.92. The number of benzene rings is 2. The van der Waals surface area contributed by atoms with Crippen molar-refractivity contribution in [3.05, 3.63) is 69.3 Å². The van der Waals surface area contributed by atoms with Crippen LogP contribution >= 0.6 is 0 Å². The van der Waals surface area contributed by atoms with Crippen LogP contribution in [0.1, 0.15) is 51.5 Å². The first-order chi connectivity index (χ1) is 10.0. The minimum Gasteiger partial charge on any atom is -0.388 e. The van der Waals surface area contributed by atoms with Gasteiger partial charge in [0, 0.05) is 6.42 Å². The first kappa shape index (κ1) is 14.3. The molecule has 0 saturated carbocycles. The highest BCUT2D eigenvalue weighted by Gasteiger charge is 2.16. The van der Waals surface area contributed by atoms with Crippen LogP contribution in [0.5, 0.6) is 0 Å². The largest absolute Gasteiger partial charge is 0.388 e. The molecule has 0 fully saturated rings. The highest BCUT2D eigenvalue weighted by atomic mass is 16.3. The van der Waals surface area contributed by atoms with E-state index in [4.69, 9.17) is 0 Å². The Morgan fingerprint density at radius 3 is 2.33 bits per heavy atom. The lowest BCUT2D eigenvalue weighted by molar-refractivity contribution is 0.178. The zero-order valence-corrected chi connectivity index (χ0v) is 13.2. The minimum absolute atomic E-state index is 0.406. The fourth-order valence-corrected chi connectivity index (χ4v) is 3.64. The first-order valence-electron chi connectivity index (χ1n) is 7.91. The van der Waals surface area contributed by atoms with E-state index in [0.717, 1.165) is 5.56 Å². The van der Waals surface area contributed by atoms with E-state index in [1.807, 2.05) is 0 Å². The summed E-state index contributed by atoms with van der Waals surface area (Å²) in [7, 11) is 0. The number of hydrogen-bond acceptors (Lipinski definition) is 1. The van der Waals surface area contributed by atoms with E-state index in [9.17, 15) is 5.11 Å². The van der Waals surface area contributed by atoms with Crippen LogP contribution in [0.15, 0.2) is 30.3 Å². The third-order valence-electron chi connectivity index (χ3n) is 4.75. The smallest absolute Gasteiger partial charge is 0.0830 e. The summed E-state index contributed by atoms with van der Waals surface area (Å²) in [5.74, 6) is 0. The highest BCUT2D eigenvalue weighted by molar-refractivity contribution is 5.40. The predicted octanol–water partition coefficient (Wildman–Crippen LogP) is 4.38. The molecule has 1 aliphatic rings.